The fourth-order valence-corrected chi connectivity index (χ4v) is 2.97. The third-order valence-corrected chi connectivity index (χ3v) is 4.43. The molecule has 0 atom stereocenters. The van der Waals surface area contributed by atoms with Crippen molar-refractivity contribution >= 4 is 37.3 Å². The van der Waals surface area contributed by atoms with E-state index in [0.29, 0.717) is 22.4 Å². The number of hydrogen-bond donors (Lipinski definition) is 2. The lowest BCUT2D eigenvalue weighted by Crippen LogP contribution is -2.14. The molecule has 0 saturated carbocycles. The van der Waals surface area contributed by atoms with Crippen LogP contribution in [0.15, 0.2) is 40.2 Å². The molecule has 0 unspecified atom stereocenters. The molecule has 0 aliphatic heterocycles. The number of halogens is 1. The summed E-state index contributed by atoms with van der Waals surface area (Å²) in [6.07, 6.45) is 2.95. The Morgan fingerprint density at radius 1 is 1.47 bits per heavy atom. The van der Waals surface area contributed by atoms with Crippen LogP contribution in [0.1, 0.15) is 6.92 Å². The van der Waals surface area contributed by atoms with E-state index < -0.39 is 10.0 Å². The standard InChI is InChI=1S/C11H13BrN4O2S/c1-2-16-6-11(14-7-16)19(17,18)15-10-5-8(13)3-4-9(10)12/h3-7,15H,2,13H2,1H3. The van der Waals surface area contributed by atoms with Crippen LogP contribution in [-0.2, 0) is 16.6 Å². The summed E-state index contributed by atoms with van der Waals surface area (Å²) in [6.45, 7) is 2.56. The van der Waals surface area contributed by atoms with Gasteiger partial charge >= 0.3 is 0 Å². The Morgan fingerprint density at radius 3 is 2.84 bits per heavy atom. The molecule has 1 aromatic carbocycles. The summed E-state index contributed by atoms with van der Waals surface area (Å²) < 4.78 is 29.0. The molecule has 0 saturated heterocycles. The van der Waals surface area contributed by atoms with E-state index >= 15 is 0 Å². The molecule has 0 amide bonds. The minimum absolute atomic E-state index is 0.0244. The van der Waals surface area contributed by atoms with Gasteiger partial charge in [0.2, 0.25) is 0 Å². The summed E-state index contributed by atoms with van der Waals surface area (Å²) in [7, 11) is -3.71. The quantitative estimate of drug-likeness (QED) is 0.830. The zero-order valence-electron chi connectivity index (χ0n) is 10.2. The first-order chi connectivity index (χ1) is 8.92. The fourth-order valence-electron chi connectivity index (χ4n) is 1.47. The monoisotopic (exact) mass is 344 g/mol. The largest absolute Gasteiger partial charge is 0.399 e. The third kappa shape index (κ3) is 3.07. The number of nitrogen functional groups attached to an aromatic ring is 1. The van der Waals surface area contributed by atoms with Crippen molar-refractivity contribution in [2.24, 2.45) is 0 Å². The molecule has 0 aliphatic carbocycles. The van der Waals surface area contributed by atoms with Crippen LogP contribution < -0.4 is 10.5 Å². The molecular weight excluding hydrogens is 332 g/mol. The van der Waals surface area contributed by atoms with E-state index in [4.69, 9.17) is 5.73 Å². The van der Waals surface area contributed by atoms with Crippen LogP contribution in [0.5, 0.6) is 0 Å². The third-order valence-electron chi connectivity index (χ3n) is 2.48. The Morgan fingerprint density at radius 2 is 2.21 bits per heavy atom. The molecule has 3 N–H and O–H groups in total. The number of sulfonamides is 1. The first kappa shape index (κ1) is 13.9. The van der Waals surface area contributed by atoms with Gasteiger partial charge in [0.15, 0.2) is 5.03 Å². The number of anilines is 2. The molecule has 19 heavy (non-hydrogen) atoms. The second-order valence-electron chi connectivity index (χ2n) is 3.89. The number of aromatic nitrogens is 2. The maximum absolute atomic E-state index is 12.1. The van der Waals surface area contributed by atoms with E-state index in [1.165, 1.54) is 12.5 Å². The highest BCUT2D eigenvalue weighted by molar-refractivity contribution is 9.10. The van der Waals surface area contributed by atoms with Crippen LogP contribution >= 0.6 is 15.9 Å². The Bertz CT molecular complexity index is 696. The summed E-state index contributed by atoms with van der Waals surface area (Å²) in [5.41, 5.74) is 6.49. The average Bonchev–Trinajstić information content (AvgIpc) is 2.83. The highest BCUT2D eigenvalue weighted by Gasteiger charge is 2.18. The zero-order chi connectivity index (χ0) is 14.0. The van der Waals surface area contributed by atoms with Crippen LogP contribution in [0.25, 0.3) is 0 Å². The zero-order valence-corrected chi connectivity index (χ0v) is 12.6. The van der Waals surface area contributed by atoms with Crippen molar-refractivity contribution in [2.75, 3.05) is 10.5 Å². The van der Waals surface area contributed by atoms with E-state index in [2.05, 4.69) is 25.6 Å². The molecule has 0 aliphatic rings. The molecule has 102 valence electrons. The van der Waals surface area contributed by atoms with E-state index in [9.17, 15) is 8.42 Å². The van der Waals surface area contributed by atoms with Gasteiger partial charge in [-0.2, -0.15) is 8.42 Å². The molecule has 6 nitrogen and oxygen atoms in total. The minimum atomic E-state index is -3.71. The molecule has 2 rings (SSSR count). The van der Waals surface area contributed by atoms with E-state index in [-0.39, 0.29) is 5.03 Å². The maximum atomic E-state index is 12.1. The predicted octanol–water partition coefficient (Wildman–Crippen LogP) is 2.05. The Kier molecular flexibility index (Phi) is 3.81. The summed E-state index contributed by atoms with van der Waals surface area (Å²) >= 11 is 3.27. The number of nitrogens with two attached hydrogens (primary N) is 1. The van der Waals surface area contributed by atoms with Gasteiger partial charge in [-0.05, 0) is 41.1 Å². The molecule has 0 bridgehead atoms. The number of imidazole rings is 1. The van der Waals surface area contributed by atoms with Crippen LogP contribution in [0.2, 0.25) is 0 Å². The lowest BCUT2D eigenvalue weighted by atomic mass is 10.3. The van der Waals surface area contributed by atoms with Gasteiger partial charge in [-0.3, -0.25) is 4.72 Å². The van der Waals surface area contributed by atoms with Crippen LogP contribution in [0.3, 0.4) is 0 Å². The van der Waals surface area contributed by atoms with E-state index in [1.54, 1.807) is 22.8 Å². The van der Waals surface area contributed by atoms with Gasteiger partial charge in [-0.1, -0.05) is 0 Å². The lowest BCUT2D eigenvalue weighted by molar-refractivity contribution is 0.598. The van der Waals surface area contributed by atoms with Gasteiger partial charge in [-0.15, -0.1) is 0 Å². The number of hydrogen-bond acceptors (Lipinski definition) is 4. The van der Waals surface area contributed by atoms with Crippen molar-refractivity contribution < 1.29 is 8.42 Å². The molecule has 0 spiro atoms. The summed E-state index contributed by atoms with van der Waals surface area (Å²) in [5.74, 6) is 0. The first-order valence-electron chi connectivity index (χ1n) is 5.52. The van der Waals surface area contributed by atoms with Crippen LogP contribution in [0, 0.1) is 0 Å². The predicted molar refractivity (Wildman–Crippen MR) is 77.3 cm³/mol. The van der Waals surface area contributed by atoms with Gasteiger partial charge < -0.3 is 10.3 Å². The van der Waals surface area contributed by atoms with Crippen molar-refractivity contribution in [3.63, 3.8) is 0 Å². The van der Waals surface area contributed by atoms with E-state index in [0.717, 1.165) is 0 Å². The molecule has 1 heterocycles. The number of benzene rings is 1. The van der Waals surface area contributed by atoms with Crippen LogP contribution in [0.4, 0.5) is 11.4 Å². The number of rotatable bonds is 4. The lowest BCUT2D eigenvalue weighted by Gasteiger charge is -2.08. The highest BCUT2D eigenvalue weighted by Crippen LogP contribution is 2.26. The molecule has 8 heteroatoms. The number of aryl methyl sites for hydroxylation is 1. The second kappa shape index (κ2) is 5.22. The number of nitrogens with one attached hydrogen (secondary N) is 1. The van der Waals surface area contributed by atoms with Crippen molar-refractivity contribution in [1.29, 1.82) is 0 Å². The summed E-state index contributed by atoms with van der Waals surface area (Å²) in [5, 5.41) is -0.0244. The second-order valence-corrected chi connectivity index (χ2v) is 6.37. The Labute approximate surface area is 119 Å². The maximum Gasteiger partial charge on any atom is 0.280 e. The van der Waals surface area contributed by atoms with E-state index in [1.807, 2.05) is 6.92 Å². The van der Waals surface area contributed by atoms with Gasteiger partial charge in [0, 0.05) is 22.9 Å². The molecule has 0 radical (unpaired) electrons. The van der Waals surface area contributed by atoms with Crippen molar-refractivity contribution in [3.8, 4) is 0 Å². The molecule has 1 aromatic heterocycles. The van der Waals surface area contributed by atoms with Crippen molar-refractivity contribution in [3.05, 3.63) is 35.2 Å². The van der Waals surface area contributed by atoms with Gasteiger partial charge in [0.1, 0.15) is 0 Å². The highest BCUT2D eigenvalue weighted by atomic mass is 79.9. The molecular formula is C11H13BrN4O2S. The number of nitrogens with zero attached hydrogens (tertiary/aromatic N) is 2. The normalized spacial score (nSPS) is 11.5. The van der Waals surface area contributed by atoms with Gasteiger partial charge in [0.05, 0.1) is 12.0 Å². The van der Waals surface area contributed by atoms with Gasteiger partial charge in [0.25, 0.3) is 10.0 Å². The smallest absolute Gasteiger partial charge is 0.280 e. The summed E-state index contributed by atoms with van der Waals surface area (Å²) in [6, 6.07) is 4.89. The molecule has 0 fully saturated rings. The molecule has 2 aromatic rings. The van der Waals surface area contributed by atoms with Crippen molar-refractivity contribution in [1.82, 2.24) is 9.55 Å². The minimum Gasteiger partial charge on any atom is -0.399 e. The first-order valence-corrected chi connectivity index (χ1v) is 7.79. The average molecular weight is 345 g/mol. The van der Waals surface area contributed by atoms with Crippen molar-refractivity contribution in [2.45, 2.75) is 18.5 Å². The Balaban J connectivity index is 2.33. The fraction of sp³-hybridized carbons (Fsp3) is 0.182. The topological polar surface area (TPSA) is 90.0 Å². The SMILES string of the molecule is CCn1cnc(S(=O)(=O)Nc2cc(N)ccc2Br)c1. The Hall–Kier alpha value is -1.54. The van der Waals surface area contributed by atoms with Crippen LogP contribution in [-0.4, -0.2) is 18.0 Å². The summed E-state index contributed by atoms with van der Waals surface area (Å²) in [4.78, 5) is 3.87. The van der Waals surface area contributed by atoms with Gasteiger partial charge in [-0.25, -0.2) is 4.98 Å².